The van der Waals surface area contributed by atoms with E-state index >= 15 is 0 Å². The molecule has 2 aromatic carbocycles. The zero-order chi connectivity index (χ0) is 24.8. The molecule has 0 spiro atoms. The molecule has 2 aliphatic rings. The van der Waals surface area contributed by atoms with Gasteiger partial charge in [0.1, 0.15) is 5.82 Å². The SMILES string of the molecule is CC(C)c1ccc2c(c1)C(N1CCN(C)CC1)Cc1ccc(F)cc1S2.O=C(O)/C=C/C(=O)O. The molecule has 182 valence electrons. The van der Waals surface area contributed by atoms with E-state index in [-0.39, 0.29) is 5.82 Å². The number of hydrogen-bond acceptors (Lipinski definition) is 5. The Morgan fingerprint density at radius 1 is 1.00 bits per heavy atom. The lowest BCUT2D eigenvalue weighted by molar-refractivity contribution is -0.134. The van der Waals surface area contributed by atoms with E-state index < -0.39 is 11.9 Å². The van der Waals surface area contributed by atoms with Gasteiger partial charge in [0.15, 0.2) is 0 Å². The van der Waals surface area contributed by atoms with E-state index in [1.165, 1.54) is 21.6 Å². The second-order valence-corrected chi connectivity index (χ2v) is 9.96. The normalized spacial score (nSPS) is 18.6. The molecule has 6 nitrogen and oxygen atoms in total. The fourth-order valence-electron chi connectivity index (χ4n) is 4.11. The number of rotatable bonds is 4. The molecule has 1 fully saturated rings. The van der Waals surface area contributed by atoms with Crippen LogP contribution in [-0.2, 0) is 16.0 Å². The predicted octanol–water partition coefficient (Wildman–Crippen LogP) is 4.66. The van der Waals surface area contributed by atoms with Crippen molar-refractivity contribution >= 4 is 23.7 Å². The summed E-state index contributed by atoms with van der Waals surface area (Å²) in [6.45, 7) is 8.90. The molecule has 1 saturated heterocycles. The number of likely N-dealkylation sites (N-methyl/N-ethyl adjacent to an activating group) is 1. The van der Waals surface area contributed by atoms with Crippen LogP contribution in [0.5, 0.6) is 0 Å². The lowest BCUT2D eigenvalue weighted by atomic mass is 9.93. The van der Waals surface area contributed by atoms with Gasteiger partial charge < -0.3 is 15.1 Å². The second-order valence-electron chi connectivity index (χ2n) is 8.88. The minimum atomic E-state index is -1.26. The molecule has 0 aromatic heterocycles. The van der Waals surface area contributed by atoms with Crippen LogP contribution in [-0.4, -0.2) is 65.2 Å². The number of benzene rings is 2. The lowest BCUT2D eigenvalue weighted by Gasteiger charge is -2.38. The topological polar surface area (TPSA) is 81.1 Å². The van der Waals surface area contributed by atoms with Crippen LogP contribution in [0.25, 0.3) is 0 Å². The van der Waals surface area contributed by atoms with Gasteiger partial charge in [0.05, 0.1) is 0 Å². The van der Waals surface area contributed by atoms with Gasteiger partial charge in [0.2, 0.25) is 0 Å². The van der Waals surface area contributed by atoms with Gasteiger partial charge in [-0.05, 0) is 54.3 Å². The van der Waals surface area contributed by atoms with E-state index in [1.54, 1.807) is 23.9 Å². The summed E-state index contributed by atoms with van der Waals surface area (Å²) in [7, 11) is 2.20. The maximum Gasteiger partial charge on any atom is 0.328 e. The Balaban J connectivity index is 0.000000350. The smallest absolute Gasteiger partial charge is 0.328 e. The van der Waals surface area contributed by atoms with Gasteiger partial charge in [0.25, 0.3) is 0 Å². The summed E-state index contributed by atoms with van der Waals surface area (Å²) in [4.78, 5) is 26.5. The van der Waals surface area contributed by atoms with Crippen LogP contribution in [0, 0.1) is 5.82 Å². The van der Waals surface area contributed by atoms with Crippen molar-refractivity contribution in [3.63, 3.8) is 0 Å². The molecule has 34 heavy (non-hydrogen) atoms. The zero-order valence-electron chi connectivity index (χ0n) is 19.7. The van der Waals surface area contributed by atoms with Crippen LogP contribution >= 0.6 is 11.8 Å². The summed E-state index contributed by atoms with van der Waals surface area (Å²) in [5.74, 6) is -2.14. The van der Waals surface area contributed by atoms with Crippen molar-refractivity contribution in [2.24, 2.45) is 0 Å². The van der Waals surface area contributed by atoms with Crippen LogP contribution in [0.3, 0.4) is 0 Å². The van der Waals surface area contributed by atoms with E-state index in [0.717, 1.165) is 37.5 Å². The number of hydrogen-bond donors (Lipinski definition) is 2. The fraction of sp³-hybridized carbons (Fsp3) is 0.385. The molecule has 0 radical (unpaired) electrons. The van der Waals surface area contributed by atoms with Gasteiger partial charge in [-0.2, -0.15) is 0 Å². The fourth-order valence-corrected chi connectivity index (χ4v) is 5.25. The summed E-state index contributed by atoms with van der Waals surface area (Å²) in [6, 6.07) is 12.5. The molecular weight excluding hydrogens is 455 g/mol. The minimum absolute atomic E-state index is 0.144. The number of aliphatic carboxylic acids is 2. The zero-order valence-corrected chi connectivity index (χ0v) is 20.5. The van der Waals surface area contributed by atoms with E-state index in [1.807, 2.05) is 6.07 Å². The summed E-state index contributed by atoms with van der Waals surface area (Å²) in [5, 5.41) is 15.6. The molecule has 0 bridgehead atoms. The number of carboxylic acid groups (broad SMARTS) is 2. The van der Waals surface area contributed by atoms with Crippen molar-refractivity contribution in [2.75, 3.05) is 33.2 Å². The third-order valence-corrected chi connectivity index (χ3v) is 7.26. The van der Waals surface area contributed by atoms with Crippen LogP contribution in [0.1, 0.15) is 42.5 Å². The average Bonchev–Trinajstić information content (AvgIpc) is 2.94. The quantitative estimate of drug-likeness (QED) is 0.609. The maximum absolute atomic E-state index is 13.8. The van der Waals surface area contributed by atoms with E-state index in [2.05, 4.69) is 48.9 Å². The van der Waals surface area contributed by atoms with Gasteiger partial charge >= 0.3 is 11.9 Å². The first-order valence-electron chi connectivity index (χ1n) is 11.3. The summed E-state index contributed by atoms with van der Waals surface area (Å²) in [6.07, 6.45) is 2.07. The number of carboxylic acids is 2. The number of nitrogens with zero attached hydrogens (tertiary/aromatic N) is 2. The molecule has 2 aliphatic heterocycles. The largest absolute Gasteiger partial charge is 0.478 e. The molecule has 1 atom stereocenters. The van der Waals surface area contributed by atoms with Gasteiger partial charge in [-0.1, -0.05) is 43.8 Å². The van der Waals surface area contributed by atoms with Crippen molar-refractivity contribution in [3.05, 3.63) is 71.1 Å². The summed E-state index contributed by atoms with van der Waals surface area (Å²) in [5.41, 5.74) is 4.07. The first kappa shape index (κ1) is 25.9. The highest BCUT2D eigenvalue weighted by Crippen LogP contribution is 2.44. The Morgan fingerprint density at radius 3 is 2.24 bits per heavy atom. The van der Waals surface area contributed by atoms with Crippen molar-refractivity contribution in [1.82, 2.24) is 9.80 Å². The Kier molecular flexibility index (Phi) is 8.88. The molecule has 4 rings (SSSR count). The van der Waals surface area contributed by atoms with Crippen LogP contribution in [0.2, 0.25) is 0 Å². The number of carbonyl (C=O) groups is 2. The molecule has 8 heteroatoms. The molecule has 2 aromatic rings. The Morgan fingerprint density at radius 2 is 1.65 bits per heavy atom. The maximum atomic E-state index is 13.8. The van der Waals surface area contributed by atoms with Crippen molar-refractivity contribution < 1.29 is 24.2 Å². The Hall–Kier alpha value is -2.68. The molecule has 1 unspecified atom stereocenters. The Labute approximate surface area is 204 Å². The van der Waals surface area contributed by atoms with Crippen LogP contribution < -0.4 is 0 Å². The van der Waals surface area contributed by atoms with Gasteiger partial charge in [-0.15, -0.1) is 0 Å². The van der Waals surface area contributed by atoms with Crippen molar-refractivity contribution in [2.45, 2.75) is 42.0 Å². The number of piperazine rings is 1. The minimum Gasteiger partial charge on any atom is -0.478 e. The van der Waals surface area contributed by atoms with Gasteiger partial charge in [-0.3, -0.25) is 4.90 Å². The van der Waals surface area contributed by atoms with Crippen LogP contribution in [0.4, 0.5) is 4.39 Å². The number of fused-ring (bicyclic) bond motifs is 2. The lowest BCUT2D eigenvalue weighted by Crippen LogP contribution is -2.46. The first-order chi connectivity index (χ1) is 16.1. The molecule has 2 N–H and O–H groups in total. The van der Waals surface area contributed by atoms with E-state index in [9.17, 15) is 14.0 Å². The molecular formula is C26H31FN2O4S. The highest BCUT2D eigenvalue weighted by molar-refractivity contribution is 7.99. The monoisotopic (exact) mass is 486 g/mol. The summed E-state index contributed by atoms with van der Waals surface area (Å²) < 4.78 is 13.8. The first-order valence-corrected chi connectivity index (χ1v) is 12.1. The average molecular weight is 487 g/mol. The number of halogens is 1. The van der Waals surface area contributed by atoms with Gasteiger partial charge in [0, 0.05) is 54.2 Å². The molecule has 0 saturated carbocycles. The molecule has 0 aliphatic carbocycles. The highest BCUT2D eigenvalue weighted by Gasteiger charge is 2.30. The second kappa shape index (κ2) is 11.6. The third kappa shape index (κ3) is 6.91. The Bertz CT molecular complexity index is 1050. The molecule has 0 amide bonds. The standard InChI is InChI=1S/C22H27FN2S.C4H4O4/c1-15(2)16-5-7-21-19(12-16)20(25-10-8-24(3)9-11-25)13-17-4-6-18(23)14-22(17)26-21;5-3(6)1-2-4(7)8/h4-7,12,14-15,20H,8-11,13H2,1-3H3;1-2H,(H,5,6)(H,7,8)/b;2-1+. The third-order valence-electron chi connectivity index (χ3n) is 6.07. The van der Waals surface area contributed by atoms with Crippen molar-refractivity contribution in [1.29, 1.82) is 0 Å². The van der Waals surface area contributed by atoms with E-state index in [0.29, 0.717) is 24.1 Å². The predicted molar refractivity (Wildman–Crippen MR) is 131 cm³/mol. The molecule has 2 heterocycles. The van der Waals surface area contributed by atoms with Crippen LogP contribution in [0.15, 0.2) is 58.3 Å². The summed E-state index contributed by atoms with van der Waals surface area (Å²) >= 11 is 1.73. The van der Waals surface area contributed by atoms with Gasteiger partial charge in [-0.25, -0.2) is 14.0 Å². The van der Waals surface area contributed by atoms with E-state index in [4.69, 9.17) is 10.2 Å². The highest BCUT2D eigenvalue weighted by atomic mass is 32.2. The van der Waals surface area contributed by atoms with Crippen molar-refractivity contribution in [3.8, 4) is 0 Å².